The van der Waals surface area contributed by atoms with Gasteiger partial charge in [-0.2, -0.15) is 0 Å². The van der Waals surface area contributed by atoms with Gasteiger partial charge >= 0.3 is 0 Å². The molecule has 2 amide bonds. The van der Waals surface area contributed by atoms with Crippen molar-refractivity contribution in [2.75, 3.05) is 32.7 Å². The Morgan fingerprint density at radius 2 is 2.10 bits per heavy atom. The quantitative estimate of drug-likeness (QED) is 0.765. The minimum absolute atomic E-state index is 0.0160. The molecule has 6 heteroatoms. The van der Waals surface area contributed by atoms with Crippen molar-refractivity contribution in [2.24, 2.45) is 0 Å². The van der Waals surface area contributed by atoms with Crippen LogP contribution in [0.4, 0.5) is 0 Å². The molecule has 1 aromatic heterocycles. The van der Waals surface area contributed by atoms with Crippen LogP contribution in [-0.2, 0) is 16.0 Å². The monoisotopic (exact) mass is 276 g/mol. The third kappa shape index (κ3) is 4.62. The third-order valence-corrected chi connectivity index (χ3v) is 3.24. The number of nitrogens with zero attached hydrogens (tertiary/aromatic N) is 2. The summed E-state index contributed by atoms with van der Waals surface area (Å²) in [7, 11) is 0. The van der Waals surface area contributed by atoms with Gasteiger partial charge in [0.05, 0.1) is 6.54 Å². The van der Waals surface area contributed by atoms with Crippen LogP contribution in [0.5, 0.6) is 0 Å². The van der Waals surface area contributed by atoms with E-state index < -0.39 is 0 Å². The zero-order valence-corrected chi connectivity index (χ0v) is 11.5. The predicted molar refractivity (Wildman–Crippen MR) is 75.0 cm³/mol. The van der Waals surface area contributed by atoms with Gasteiger partial charge in [-0.25, -0.2) is 0 Å². The molecule has 1 aromatic rings. The molecule has 2 rings (SSSR count). The van der Waals surface area contributed by atoms with Crippen LogP contribution < -0.4 is 10.6 Å². The predicted octanol–water partition coefficient (Wildman–Crippen LogP) is -0.438. The number of rotatable bonds is 5. The highest BCUT2D eigenvalue weighted by atomic mass is 16.2. The number of aryl methyl sites for hydroxylation is 1. The third-order valence-electron chi connectivity index (χ3n) is 3.24. The van der Waals surface area contributed by atoms with Gasteiger partial charge in [0.1, 0.15) is 0 Å². The lowest BCUT2D eigenvalue weighted by atomic mass is 10.2. The van der Waals surface area contributed by atoms with Crippen LogP contribution in [0.3, 0.4) is 0 Å². The molecule has 1 saturated heterocycles. The van der Waals surface area contributed by atoms with E-state index in [2.05, 4.69) is 15.6 Å². The van der Waals surface area contributed by atoms with Crippen molar-refractivity contribution >= 4 is 11.8 Å². The summed E-state index contributed by atoms with van der Waals surface area (Å²) in [5, 5.41) is 5.86. The van der Waals surface area contributed by atoms with E-state index in [0.717, 1.165) is 18.8 Å². The minimum Gasteiger partial charge on any atom is -0.347 e. The number of amides is 2. The summed E-state index contributed by atoms with van der Waals surface area (Å²) in [6.07, 6.45) is 2.65. The summed E-state index contributed by atoms with van der Waals surface area (Å²) in [5.41, 5.74) is 0.885. The maximum Gasteiger partial charge on any atom is 0.242 e. The van der Waals surface area contributed by atoms with E-state index in [1.807, 2.05) is 18.2 Å². The highest BCUT2D eigenvalue weighted by Gasteiger charge is 2.16. The first-order chi connectivity index (χ1) is 9.75. The Morgan fingerprint density at radius 1 is 1.30 bits per heavy atom. The van der Waals surface area contributed by atoms with Gasteiger partial charge in [0.2, 0.25) is 11.8 Å². The molecule has 0 atom stereocenters. The van der Waals surface area contributed by atoms with Crippen LogP contribution in [0.1, 0.15) is 12.1 Å². The first kappa shape index (κ1) is 14.5. The van der Waals surface area contributed by atoms with Crippen LogP contribution in [0.2, 0.25) is 0 Å². The molecule has 1 fully saturated rings. The topological polar surface area (TPSA) is 74.3 Å². The number of piperazine rings is 1. The van der Waals surface area contributed by atoms with Crippen LogP contribution in [0.25, 0.3) is 0 Å². The SMILES string of the molecule is O=C(CCc1ccccn1)NCC(=O)N1CCNCC1. The summed E-state index contributed by atoms with van der Waals surface area (Å²) in [5.74, 6) is -0.128. The molecule has 0 unspecified atom stereocenters. The zero-order valence-electron chi connectivity index (χ0n) is 11.5. The second-order valence-corrected chi connectivity index (χ2v) is 4.73. The highest BCUT2D eigenvalue weighted by Crippen LogP contribution is 1.98. The van der Waals surface area contributed by atoms with Crippen LogP contribution in [0, 0.1) is 0 Å². The van der Waals surface area contributed by atoms with Crippen LogP contribution >= 0.6 is 0 Å². The van der Waals surface area contributed by atoms with Crippen molar-refractivity contribution in [1.82, 2.24) is 20.5 Å². The molecule has 1 aliphatic rings. The molecule has 0 bridgehead atoms. The number of nitrogens with one attached hydrogen (secondary N) is 2. The Hall–Kier alpha value is -1.95. The maximum absolute atomic E-state index is 11.8. The second kappa shape index (κ2) is 7.59. The van der Waals surface area contributed by atoms with Gasteiger partial charge in [0, 0.05) is 44.5 Å². The second-order valence-electron chi connectivity index (χ2n) is 4.73. The molecule has 0 saturated carbocycles. The molecule has 0 spiro atoms. The van der Waals surface area contributed by atoms with Gasteiger partial charge in [0.15, 0.2) is 0 Å². The van der Waals surface area contributed by atoms with Gasteiger partial charge in [-0.05, 0) is 18.6 Å². The van der Waals surface area contributed by atoms with E-state index in [1.54, 1.807) is 11.1 Å². The molecular formula is C14H20N4O2. The molecule has 20 heavy (non-hydrogen) atoms. The van der Waals surface area contributed by atoms with E-state index in [-0.39, 0.29) is 18.4 Å². The Bertz CT molecular complexity index is 444. The van der Waals surface area contributed by atoms with Gasteiger partial charge in [0.25, 0.3) is 0 Å². The molecule has 2 heterocycles. The van der Waals surface area contributed by atoms with Crippen molar-refractivity contribution in [3.05, 3.63) is 30.1 Å². The van der Waals surface area contributed by atoms with E-state index in [9.17, 15) is 9.59 Å². The highest BCUT2D eigenvalue weighted by molar-refractivity contribution is 5.84. The number of carbonyl (C=O) groups is 2. The van der Waals surface area contributed by atoms with Gasteiger partial charge in [-0.1, -0.05) is 6.07 Å². The smallest absolute Gasteiger partial charge is 0.242 e. The van der Waals surface area contributed by atoms with Crippen LogP contribution in [-0.4, -0.2) is 54.4 Å². The van der Waals surface area contributed by atoms with Gasteiger partial charge in [-0.3, -0.25) is 14.6 Å². The number of pyridine rings is 1. The van der Waals surface area contributed by atoms with E-state index in [0.29, 0.717) is 25.9 Å². The van der Waals surface area contributed by atoms with Crippen molar-refractivity contribution < 1.29 is 9.59 Å². The number of hydrogen-bond acceptors (Lipinski definition) is 4. The lowest BCUT2D eigenvalue weighted by Crippen LogP contribution is -2.49. The van der Waals surface area contributed by atoms with E-state index in [4.69, 9.17) is 0 Å². The molecule has 108 valence electrons. The molecule has 0 aliphatic carbocycles. The molecule has 6 nitrogen and oxygen atoms in total. The maximum atomic E-state index is 11.8. The summed E-state index contributed by atoms with van der Waals surface area (Å²) in [6, 6.07) is 5.63. The van der Waals surface area contributed by atoms with Crippen molar-refractivity contribution in [2.45, 2.75) is 12.8 Å². The molecule has 0 radical (unpaired) electrons. The Labute approximate surface area is 118 Å². The number of carbonyl (C=O) groups excluding carboxylic acids is 2. The van der Waals surface area contributed by atoms with Crippen molar-refractivity contribution in [3.8, 4) is 0 Å². The molecule has 1 aliphatic heterocycles. The summed E-state index contributed by atoms with van der Waals surface area (Å²) >= 11 is 0. The Kier molecular flexibility index (Phi) is 5.49. The van der Waals surface area contributed by atoms with Gasteiger partial charge in [-0.15, -0.1) is 0 Å². The summed E-state index contributed by atoms with van der Waals surface area (Å²) in [6.45, 7) is 3.14. The number of hydrogen-bond donors (Lipinski definition) is 2. The number of aromatic nitrogens is 1. The average Bonchev–Trinajstić information content (AvgIpc) is 2.52. The Balaban J connectivity index is 1.65. The first-order valence-corrected chi connectivity index (χ1v) is 6.91. The largest absolute Gasteiger partial charge is 0.347 e. The lowest BCUT2D eigenvalue weighted by molar-refractivity contribution is -0.133. The molecular weight excluding hydrogens is 256 g/mol. The standard InChI is InChI=1S/C14H20N4O2/c19-13(5-4-12-3-1-2-6-16-12)17-11-14(20)18-9-7-15-8-10-18/h1-3,6,15H,4-5,7-11H2,(H,17,19). The summed E-state index contributed by atoms with van der Waals surface area (Å²) in [4.78, 5) is 29.5. The first-order valence-electron chi connectivity index (χ1n) is 6.91. The normalized spacial score (nSPS) is 14.9. The fourth-order valence-electron chi connectivity index (χ4n) is 2.08. The molecule has 0 aromatic carbocycles. The Morgan fingerprint density at radius 3 is 2.80 bits per heavy atom. The fraction of sp³-hybridized carbons (Fsp3) is 0.500. The van der Waals surface area contributed by atoms with Crippen LogP contribution in [0.15, 0.2) is 24.4 Å². The minimum atomic E-state index is -0.112. The van der Waals surface area contributed by atoms with E-state index >= 15 is 0 Å². The van der Waals surface area contributed by atoms with Crippen molar-refractivity contribution in [1.29, 1.82) is 0 Å². The fourth-order valence-corrected chi connectivity index (χ4v) is 2.08. The zero-order chi connectivity index (χ0) is 14.2. The lowest BCUT2D eigenvalue weighted by Gasteiger charge is -2.27. The van der Waals surface area contributed by atoms with E-state index in [1.165, 1.54) is 0 Å². The van der Waals surface area contributed by atoms with Gasteiger partial charge < -0.3 is 15.5 Å². The average molecular weight is 276 g/mol. The summed E-state index contributed by atoms with van der Waals surface area (Å²) < 4.78 is 0. The van der Waals surface area contributed by atoms with Crippen molar-refractivity contribution in [3.63, 3.8) is 0 Å². The molecule has 2 N–H and O–H groups in total.